The van der Waals surface area contributed by atoms with E-state index in [0.29, 0.717) is 0 Å². The van der Waals surface area contributed by atoms with Crippen LogP contribution in [0.2, 0.25) is 5.02 Å². The van der Waals surface area contributed by atoms with Gasteiger partial charge in [0.05, 0.1) is 7.11 Å². The lowest BCUT2D eigenvalue weighted by atomic mass is 10.1. The fourth-order valence-electron chi connectivity index (χ4n) is 1.07. The van der Waals surface area contributed by atoms with Gasteiger partial charge in [0.25, 0.3) is 0 Å². The van der Waals surface area contributed by atoms with E-state index in [2.05, 4.69) is 23.0 Å². The van der Waals surface area contributed by atoms with Gasteiger partial charge in [0.15, 0.2) is 0 Å². The van der Waals surface area contributed by atoms with Gasteiger partial charge in [-0.25, -0.2) is 4.79 Å². The molecule has 1 rings (SSSR count). The van der Waals surface area contributed by atoms with E-state index in [0.717, 1.165) is 17.9 Å². The van der Waals surface area contributed by atoms with Crippen LogP contribution in [0.15, 0.2) is 24.3 Å². The van der Waals surface area contributed by atoms with Crippen molar-refractivity contribution < 1.29 is 9.53 Å². The third-order valence-electron chi connectivity index (χ3n) is 1.87. The first-order valence-electron chi connectivity index (χ1n) is 5.14. The predicted octanol–water partition coefficient (Wildman–Crippen LogP) is 3.26. The first-order chi connectivity index (χ1) is 7.65. The summed E-state index contributed by atoms with van der Waals surface area (Å²) in [6.07, 6.45) is 1.83. The van der Waals surface area contributed by atoms with Crippen molar-refractivity contribution in [3.05, 3.63) is 34.9 Å². The summed E-state index contributed by atoms with van der Waals surface area (Å²) >= 11 is 5.90. The Morgan fingerprint density at radius 1 is 1.44 bits per heavy atom. The Kier molecular flexibility index (Phi) is 8.35. The van der Waals surface area contributed by atoms with Crippen LogP contribution in [0.3, 0.4) is 0 Å². The molecule has 1 aromatic carbocycles. The van der Waals surface area contributed by atoms with Gasteiger partial charge in [0, 0.05) is 12.1 Å². The molecule has 0 atom stereocenters. The molecule has 0 spiro atoms. The second-order valence-corrected chi connectivity index (χ2v) is 3.49. The first kappa shape index (κ1) is 14.8. The topological polar surface area (TPSA) is 38.3 Å². The highest BCUT2D eigenvalue weighted by atomic mass is 35.5. The van der Waals surface area contributed by atoms with Crippen molar-refractivity contribution in [1.29, 1.82) is 0 Å². The van der Waals surface area contributed by atoms with Crippen LogP contribution in [0.1, 0.15) is 18.9 Å². The summed E-state index contributed by atoms with van der Waals surface area (Å²) in [5.41, 5.74) is 1.26. The first-order valence-corrected chi connectivity index (χ1v) is 5.52. The van der Waals surface area contributed by atoms with Crippen molar-refractivity contribution in [2.75, 3.05) is 14.2 Å². The molecule has 0 aliphatic carbocycles. The Morgan fingerprint density at radius 3 is 2.44 bits per heavy atom. The molecular weight excluding hydrogens is 226 g/mol. The molecule has 0 bridgehead atoms. The minimum absolute atomic E-state index is 0.407. The highest BCUT2D eigenvalue weighted by Crippen LogP contribution is 2.15. The molecule has 3 nitrogen and oxygen atoms in total. The molecule has 0 aliphatic heterocycles. The van der Waals surface area contributed by atoms with Gasteiger partial charge in [-0.1, -0.05) is 43.1 Å². The van der Waals surface area contributed by atoms with Gasteiger partial charge in [-0.05, 0) is 18.1 Å². The molecule has 1 N–H and O–H groups in total. The number of halogens is 1. The van der Waals surface area contributed by atoms with Gasteiger partial charge >= 0.3 is 6.09 Å². The van der Waals surface area contributed by atoms with Gasteiger partial charge in [-0.2, -0.15) is 0 Å². The van der Waals surface area contributed by atoms with Crippen LogP contribution in [0.4, 0.5) is 4.79 Å². The number of aryl methyl sites for hydroxylation is 1. The fourth-order valence-corrected chi connectivity index (χ4v) is 1.30. The summed E-state index contributed by atoms with van der Waals surface area (Å²) in [5, 5.41) is 3.15. The zero-order valence-electron chi connectivity index (χ0n) is 9.92. The zero-order chi connectivity index (χ0) is 12.4. The van der Waals surface area contributed by atoms with Crippen LogP contribution >= 0.6 is 11.6 Å². The summed E-state index contributed by atoms with van der Waals surface area (Å²) in [4.78, 5) is 9.85. The molecule has 90 valence electrons. The Balaban J connectivity index is 0.000000325. The molecule has 0 unspecified atom stereocenters. The molecule has 16 heavy (non-hydrogen) atoms. The monoisotopic (exact) mass is 243 g/mol. The number of methoxy groups -OCH3 is 1. The normalized spacial score (nSPS) is 8.75. The van der Waals surface area contributed by atoms with Gasteiger partial charge in [0.2, 0.25) is 0 Å². The highest BCUT2D eigenvalue weighted by Gasteiger charge is 1.94. The standard InChI is InChI=1S/C9H11Cl.C3H7NO2/c1-2-5-8-6-3-4-7-9(8)10;1-4-3(5)6-2/h3-4,6-7H,2,5H2,1H3;1-2H3,(H,4,5). The second kappa shape index (κ2) is 9.04. The van der Waals surface area contributed by atoms with Crippen LogP contribution < -0.4 is 5.32 Å². The molecule has 0 aromatic heterocycles. The molecule has 0 fully saturated rings. The van der Waals surface area contributed by atoms with E-state index in [-0.39, 0.29) is 0 Å². The van der Waals surface area contributed by atoms with E-state index in [1.54, 1.807) is 0 Å². The van der Waals surface area contributed by atoms with Crippen LogP contribution in [0, 0.1) is 0 Å². The van der Waals surface area contributed by atoms with Crippen LogP contribution in [0.25, 0.3) is 0 Å². The van der Waals surface area contributed by atoms with Crippen molar-refractivity contribution in [2.24, 2.45) is 0 Å². The number of carbonyl (C=O) groups excluding carboxylic acids is 1. The van der Waals surface area contributed by atoms with E-state index >= 15 is 0 Å². The smallest absolute Gasteiger partial charge is 0.406 e. The SMILES string of the molecule is CCCc1ccccc1Cl.CNC(=O)OC. The minimum atomic E-state index is -0.407. The predicted molar refractivity (Wildman–Crippen MR) is 66.9 cm³/mol. The average molecular weight is 244 g/mol. The number of alkyl carbamates (subject to hydrolysis) is 1. The fraction of sp³-hybridized carbons (Fsp3) is 0.417. The number of hydrogen-bond acceptors (Lipinski definition) is 2. The Hall–Kier alpha value is -1.22. The van der Waals surface area contributed by atoms with E-state index in [1.807, 2.05) is 18.2 Å². The van der Waals surface area contributed by atoms with Crippen molar-refractivity contribution in [2.45, 2.75) is 19.8 Å². The quantitative estimate of drug-likeness (QED) is 0.866. The Morgan fingerprint density at radius 2 is 2.06 bits per heavy atom. The van der Waals surface area contributed by atoms with Gasteiger partial charge < -0.3 is 10.1 Å². The largest absolute Gasteiger partial charge is 0.453 e. The second-order valence-electron chi connectivity index (χ2n) is 3.08. The highest BCUT2D eigenvalue weighted by molar-refractivity contribution is 6.31. The summed E-state index contributed by atoms with van der Waals surface area (Å²) in [7, 11) is 2.82. The average Bonchev–Trinajstić information content (AvgIpc) is 2.32. The number of benzene rings is 1. The van der Waals surface area contributed by atoms with Gasteiger partial charge in [-0.3, -0.25) is 0 Å². The van der Waals surface area contributed by atoms with Gasteiger partial charge in [-0.15, -0.1) is 0 Å². The zero-order valence-corrected chi connectivity index (χ0v) is 10.7. The maximum absolute atomic E-state index is 9.85. The molecule has 1 amide bonds. The van der Waals surface area contributed by atoms with E-state index < -0.39 is 6.09 Å². The number of ether oxygens (including phenoxy) is 1. The summed E-state index contributed by atoms with van der Waals surface area (Å²) < 4.78 is 4.15. The third kappa shape index (κ3) is 6.30. The summed E-state index contributed by atoms with van der Waals surface area (Å²) in [6, 6.07) is 8.00. The molecule has 0 saturated heterocycles. The van der Waals surface area contributed by atoms with Crippen LogP contribution in [-0.4, -0.2) is 20.3 Å². The maximum Gasteiger partial charge on any atom is 0.406 e. The Bertz CT molecular complexity index is 310. The molecular formula is C12H18ClNO2. The van der Waals surface area contributed by atoms with Crippen molar-refractivity contribution >= 4 is 17.7 Å². The van der Waals surface area contributed by atoms with E-state index in [4.69, 9.17) is 11.6 Å². The van der Waals surface area contributed by atoms with Crippen LogP contribution in [-0.2, 0) is 11.2 Å². The Labute approximate surface area is 102 Å². The number of rotatable bonds is 2. The van der Waals surface area contributed by atoms with Crippen LogP contribution in [0.5, 0.6) is 0 Å². The lowest BCUT2D eigenvalue weighted by Gasteiger charge is -1.99. The molecule has 0 aliphatic rings. The van der Waals surface area contributed by atoms with E-state index in [9.17, 15) is 4.79 Å². The summed E-state index contributed by atoms with van der Waals surface area (Å²) in [6.45, 7) is 2.16. The third-order valence-corrected chi connectivity index (χ3v) is 2.24. The summed E-state index contributed by atoms with van der Waals surface area (Å²) in [5.74, 6) is 0. The molecule has 1 aromatic rings. The van der Waals surface area contributed by atoms with Crippen molar-refractivity contribution in [1.82, 2.24) is 5.32 Å². The van der Waals surface area contributed by atoms with Crippen molar-refractivity contribution in [3.63, 3.8) is 0 Å². The van der Waals surface area contributed by atoms with Gasteiger partial charge in [0.1, 0.15) is 0 Å². The van der Waals surface area contributed by atoms with Crippen molar-refractivity contribution in [3.8, 4) is 0 Å². The molecule has 0 radical (unpaired) electrons. The minimum Gasteiger partial charge on any atom is -0.453 e. The lowest BCUT2D eigenvalue weighted by molar-refractivity contribution is 0.173. The number of amides is 1. The lowest BCUT2D eigenvalue weighted by Crippen LogP contribution is -2.16. The number of hydrogen-bond donors (Lipinski definition) is 1. The molecule has 4 heteroatoms. The molecule has 0 heterocycles. The maximum atomic E-state index is 9.85. The van der Waals surface area contributed by atoms with E-state index in [1.165, 1.54) is 19.7 Å². The molecule has 0 saturated carbocycles. The number of carbonyl (C=O) groups is 1. The number of nitrogens with one attached hydrogen (secondary N) is 1.